The van der Waals surface area contributed by atoms with Crippen LogP contribution in [0.2, 0.25) is 0 Å². The lowest BCUT2D eigenvalue weighted by Gasteiger charge is -2.37. The van der Waals surface area contributed by atoms with Crippen LogP contribution in [0.1, 0.15) is 0 Å². The molecule has 6 heteroatoms. The van der Waals surface area contributed by atoms with Gasteiger partial charge in [-0.2, -0.15) is 0 Å². The van der Waals surface area contributed by atoms with Gasteiger partial charge in [0.25, 0.3) is 0 Å². The van der Waals surface area contributed by atoms with Crippen LogP contribution in [0, 0.1) is 0 Å². The number of ether oxygens (including phenoxy) is 2. The molecule has 0 amide bonds. The maximum Gasteiger partial charge on any atom is 0.325 e. The Labute approximate surface area is 115 Å². The molecular formula is C13H25N3O3. The molecule has 0 aliphatic carbocycles. The summed E-state index contributed by atoms with van der Waals surface area (Å²) in [6.45, 7) is 8.38. The van der Waals surface area contributed by atoms with Gasteiger partial charge in [-0.15, -0.1) is 0 Å². The third-order valence-electron chi connectivity index (χ3n) is 4.01. The summed E-state index contributed by atoms with van der Waals surface area (Å²) in [5.74, 6) is -0.182. The van der Waals surface area contributed by atoms with E-state index in [1.165, 1.54) is 7.11 Å². The van der Waals surface area contributed by atoms with Gasteiger partial charge in [-0.25, -0.2) is 0 Å². The predicted molar refractivity (Wildman–Crippen MR) is 72.1 cm³/mol. The van der Waals surface area contributed by atoms with Crippen molar-refractivity contribution in [2.45, 2.75) is 6.04 Å². The number of carbonyl (C=O) groups is 1. The fourth-order valence-corrected chi connectivity index (χ4v) is 2.60. The Kier molecular flexibility index (Phi) is 5.57. The minimum Gasteiger partial charge on any atom is -0.468 e. The van der Waals surface area contributed by atoms with Gasteiger partial charge >= 0.3 is 5.97 Å². The number of esters is 1. The average Bonchev–Trinajstić information content (AvgIpc) is 2.46. The number of hydrogen-bond donors (Lipinski definition) is 0. The third-order valence-corrected chi connectivity index (χ3v) is 4.01. The Morgan fingerprint density at radius 2 is 1.95 bits per heavy atom. The van der Waals surface area contributed by atoms with E-state index in [1.54, 1.807) is 0 Å². The largest absolute Gasteiger partial charge is 0.468 e. The van der Waals surface area contributed by atoms with E-state index in [1.807, 2.05) is 0 Å². The van der Waals surface area contributed by atoms with Crippen LogP contribution in [0.3, 0.4) is 0 Å². The van der Waals surface area contributed by atoms with Gasteiger partial charge in [-0.3, -0.25) is 14.6 Å². The van der Waals surface area contributed by atoms with Crippen molar-refractivity contribution in [3.05, 3.63) is 0 Å². The summed E-state index contributed by atoms with van der Waals surface area (Å²) < 4.78 is 10.2. The fourth-order valence-electron chi connectivity index (χ4n) is 2.60. The van der Waals surface area contributed by atoms with E-state index in [-0.39, 0.29) is 12.0 Å². The van der Waals surface area contributed by atoms with E-state index in [9.17, 15) is 4.79 Å². The highest BCUT2D eigenvalue weighted by molar-refractivity contribution is 5.75. The smallest absolute Gasteiger partial charge is 0.325 e. The molecule has 2 fully saturated rings. The summed E-state index contributed by atoms with van der Waals surface area (Å²) in [5, 5.41) is 0. The van der Waals surface area contributed by atoms with Gasteiger partial charge in [-0.05, 0) is 7.05 Å². The number of methoxy groups -OCH3 is 1. The molecule has 0 saturated carbocycles. The number of rotatable bonds is 4. The van der Waals surface area contributed by atoms with E-state index in [0.29, 0.717) is 13.2 Å². The molecule has 110 valence electrons. The predicted octanol–water partition coefficient (Wildman–Crippen LogP) is -0.892. The van der Waals surface area contributed by atoms with Gasteiger partial charge in [0.2, 0.25) is 0 Å². The summed E-state index contributed by atoms with van der Waals surface area (Å²) in [6, 6.07) is -0.230. The van der Waals surface area contributed by atoms with Gasteiger partial charge in [0, 0.05) is 45.8 Å². The second-order valence-corrected chi connectivity index (χ2v) is 5.29. The summed E-state index contributed by atoms with van der Waals surface area (Å²) in [7, 11) is 3.60. The topological polar surface area (TPSA) is 45.3 Å². The van der Waals surface area contributed by atoms with E-state index in [2.05, 4.69) is 21.7 Å². The van der Waals surface area contributed by atoms with E-state index in [4.69, 9.17) is 9.47 Å². The maximum atomic E-state index is 11.7. The molecule has 2 saturated heterocycles. The molecule has 1 atom stereocenters. The normalized spacial score (nSPS) is 27.4. The van der Waals surface area contributed by atoms with Crippen LogP contribution in [0.5, 0.6) is 0 Å². The number of morpholine rings is 1. The lowest BCUT2D eigenvalue weighted by Crippen LogP contribution is -2.53. The van der Waals surface area contributed by atoms with Gasteiger partial charge in [0.05, 0.1) is 20.3 Å². The van der Waals surface area contributed by atoms with Crippen molar-refractivity contribution in [3.8, 4) is 0 Å². The van der Waals surface area contributed by atoms with Crippen molar-refractivity contribution in [1.29, 1.82) is 0 Å². The van der Waals surface area contributed by atoms with Crippen molar-refractivity contribution < 1.29 is 14.3 Å². The van der Waals surface area contributed by atoms with Crippen LogP contribution in [-0.4, -0.2) is 99.9 Å². The molecular weight excluding hydrogens is 246 g/mol. The van der Waals surface area contributed by atoms with Crippen LogP contribution in [0.25, 0.3) is 0 Å². The molecule has 1 unspecified atom stereocenters. The molecule has 0 aromatic heterocycles. The van der Waals surface area contributed by atoms with Crippen LogP contribution >= 0.6 is 0 Å². The molecule has 0 spiro atoms. The Morgan fingerprint density at radius 3 is 2.63 bits per heavy atom. The summed E-state index contributed by atoms with van der Waals surface area (Å²) in [4.78, 5) is 18.7. The van der Waals surface area contributed by atoms with Crippen molar-refractivity contribution in [1.82, 2.24) is 14.7 Å². The molecule has 2 aliphatic rings. The number of nitrogens with zero attached hydrogens (tertiary/aromatic N) is 3. The van der Waals surface area contributed by atoms with Crippen LogP contribution < -0.4 is 0 Å². The van der Waals surface area contributed by atoms with Gasteiger partial charge in [-0.1, -0.05) is 0 Å². The zero-order valence-electron chi connectivity index (χ0n) is 12.0. The minimum absolute atomic E-state index is 0.182. The first-order chi connectivity index (χ1) is 9.20. The minimum atomic E-state index is -0.230. The van der Waals surface area contributed by atoms with E-state index < -0.39 is 0 Å². The lowest BCUT2D eigenvalue weighted by molar-refractivity contribution is -0.153. The monoisotopic (exact) mass is 271 g/mol. The molecule has 2 rings (SSSR count). The second kappa shape index (κ2) is 7.19. The lowest BCUT2D eigenvalue weighted by atomic mass is 10.2. The average molecular weight is 271 g/mol. The fraction of sp³-hybridized carbons (Fsp3) is 0.923. The summed E-state index contributed by atoms with van der Waals surface area (Å²) in [6.07, 6.45) is 0. The standard InChI is InChI=1S/C13H25N3O3/c1-14-3-5-15(6-4-14)7-8-16-9-10-19-11-12(16)13(17)18-2/h12H,3-11H2,1-2H3. The quantitative estimate of drug-likeness (QED) is 0.618. The van der Waals surface area contributed by atoms with Crippen molar-refractivity contribution in [2.75, 3.05) is 73.2 Å². The van der Waals surface area contributed by atoms with Gasteiger partial charge < -0.3 is 14.4 Å². The number of likely N-dealkylation sites (N-methyl/N-ethyl adjacent to an activating group) is 1. The molecule has 0 bridgehead atoms. The third kappa shape index (κ3) is 4.14. The molecule has 0 aromatic carbocycles. The highest BCUT2D eigenvalue weighted by Gasteiger charge is 2.30. The zero-order valence-corrected chi connectivity index (χ0v) is 12.0. The van der Waals surface area contributed by atoms with E-state index >= 15 is 0 Å². The van der Waals surface area contributed by atoms with Crippen LogP contribution in [0.4, 0.5) is 0 Å². The maximum absolute atomic E-state index is 11.7. The first-order valence-corrected chi connectivity index (χ1v) is 7.01. The van der Waals surface area contributed by atoms with Crippen LogP contribution in [0.15, 0.2) is 0 Å². The highest BCUT2D eigenvalue weighted by atomic mass is 16.5. The molecule has 6 nitrogen and oxygen atoms in total. The summed E-state index contributed by atoms with van der Waals surface area (Å²) in [5.41, 5.74) is 0. The van der Waals surface area contributed by atoms with Crippen LogP contribution in [-0.2, 0) is 14.3 Å². The Hall–Kier alpha value is -0.690. The van der Waals surface area contributed by atoms with E-state index in [0.717, 1.165) is 45.8 Å². The molecule has 0 radical (unpaired) electrons. The molecule has 19 heavy (non-hydrogen) atoms. The Morgan fingerprint density at radius 1 is 1.21 bits per heavy atom. The zero-order chi connectivity index (χ0) is 13.7. The number of carbonyl (C=O) groups excluding carboxylic acids is 1. The number of piperazine rings is 1. The van der Waals surface area contributed by atoms with Crippen molar-refractivity contribution in [3.63, 3.8) is 0 Å². The van der Waals surface area contributed by atoms with Crippen molar-refractivity contribution >= 4 is 5.97 Å². The molecule has 0 aromatic rings. The SMILES string of the molecule is COC(=O)C1COCCN1CCN1CCN(C)CC1. The Balaban J connectivity index is 1.78. The molecule has 2 aliphatic heterocycles. The summed E-state index contributed by atoms with van der Waals surface area (Å²) >= 11 is 0. The first-order valence-electron chi connectivity index (χ1n) is 7.01. The van der Waals surface area contributed by atoms with Gasteiger partial charge in [0.15, 0.2) is 0 Å². The molecule has 2 heterocycles. The number of hydrogen-bond acceptors (Lipinski definition) is 6. The first kappa shape index (κ1) is 14.7. The van der Waals surface area contributed by atoms with Crippen molar-refractivity contribution in [2.24, 2.45) is 0 Å². The second-order valence-electron chi connectivity index (χ2n) is 5.29. The molecule has 0 N–H and O–H groups in total. The van der Waals surface area contributed by atoms with Gasteiger partial charge in [0.1, 0.15) is 6.04 Å². The Bertz CT molecular complexity index is 293. The highest BCUT2D eigenvalue weighted by Crippen LogP contribution is 2.09.